The molecule has 8 heteroatoms. The van der Waals surface area contributed by atoms with Crippen LogP contribution in [0, 0.1) is 0 Å². The molecule has 0 saturated heterocycles. The lowest BCUT2D eigenvalue weighted by molar-refractivity contribution is -0.150. The summed E-state index contributed by atoms with van der Waals surface area (Å²) >= 11 is 0. The molecule has 1 unspecified atom stereocenters. The third-order valence-corrected chi connectivity index (χ3v) is 3.68. The number of nitrogens with two attached hydrogens (primary N) is 1. The average molecular weight is 346 g/mol. The topological polar surface area (TPSA) is 70.4 Å². The van der Waals surface area contributed by atoms with Gasteiger partial charge in [0.15, 0.2) is 0 Å². The SMILES string of the molecule is CCN(CC)Cc1cccc(CNC(=O)NC(CN)C(F)(F)F)c1. The van der Waals surface area contributed by atoms with Gasteiger partial charge in [0.05, 0.1) is 0 Å². The van der Waals surface area contributed by atoms with E-state index in [1.165, 1.54) is 0 Å². The maximum atomic E-state index is 12.6. The van der Waals surface area contributed by atoms with Crippen LogP contribution in [0.25, 0.3) is 0 Å². The van der Waals surface area contributed by atoms with E-state index < -0.39 is 24.8 Å². The first-order valence-electron chi connectivity index (χ1n) is 7.91. The van der Waals surface area contributed by atoms with Crippen LogP contribution in [-0.2, 0) is 13.1 Å². The second-order valence-electron chi connectivity index (χ2n) is 5.44. The molecule has 0 spiro atoms. The zero-order valence-electron chi connectivity index (χ0n) is 14.0. The van der Waals surface area contributed by atoms with Gasteiger partial charge in [0.25, 0.3) is 0 Å². The molecule has 0 aliphatic heterocycles. The number of nitrogens with zero attached hydrogens (tertiary/aromatic N) is 1. The Labute approximate surface area is 140 Å². The van der Waals surface area contributed by atoms with E-state index in [0.29, 0.717) is 0 Å². The predicted octanol–water partition coefficient (Wildman–Crippen LogP) is 2.22. The van der Waals surface area contributed by atoms with E-state index in [-0.39, 0.29) is 6.54 Å². The third kappa shape index (κ3) is 6.76. The van der Waals surface area contributed by atoms with Gasteiger partial charge in [-0.15, -0.1) is 0 Å². The minimum Gasteiger partial charge on any atom is -0.334 e. The molecule has 0 saturated carbocycles. The molecule has 0 aromatic heterocycles. The Morgan fingerprint density at radius 1 is 1.25 bits per heavy atom. The van der Waals surface area contributed by atoms with E-state index in [0.717, 1.165) is 30.8 Å². The van der Waals surface area contributed by atoms with E-state index in [9.17, 15) is 18.0 Å². The Balaban J connectivity index is 2.56. The molecule has 0 bridgehead atoms. The molecule has 0 heterocycles. The lowest BCUT2D eigenvalue weighted by Crippen LogP contribution is -2.52. The van der Waals surface area contributed by atoms with Crippen molar-refractivity contribution in [2.45, 2.75) is 39.2 Å². The predicted molar refractivity (Wildman–Crippen MR) is 87.3 cm³/mol. The van der Waals surface area contributed by atoms with Gasteiger partial charge in [-0.2, -0.15) is 13.2 Å². The molecule has 4 N–H and O–H groups in total. The second-order valence-corrected chi connectivity index (χ2v) is 5.44. The number of hydrogen-bond donors (Lipinski definition) is 3. The molecular weight excluding hydrogens is 321 g/mol. The number of amides is 2. The number of halogens is 3. The number of carbonyl (C=O) groups is 1. The van der Waals surface area contributed by atoms with Crippen molar-refractivity contribution in [3.63, 3.8) is 0 Å². The van der Waals surface area contributed by atoms with Crippen molar-refractivity contribution in [3.05, 3.63) is 35.4 Å². The van der Waals surface area contributed by atoms with Crippen molar-refractivity contribution < 1.29 is 18.0 Å². The van der Waals surface area contributed by atoms with Crippen LogP contribution in [0.1, 0.15) is 25.0 Å². The number of benzene rings is 1. The second kappa shape index (κ2) is 9.48. The van der Waals surface area contributed by atoms with Crippen LogP contribution in [0.3, 0.4) is 0 Å². The van der Waals surface area contributed by atoms with E-state index >= 15 is 0 Å². The summed E-state index contributed by atoms with van der Waals surface area (Å²) in [6.45, 7) is 6.25. The van der Waals surface area contributed by atoms with Crippen LogP contribution < -0.4 is 16.4 Å². The smallest absolute Gasteiger partial charge is 0.334 e. The van der Waals surface area contributed by atoms with Gasteiger partial charge in [-0.1, -0.05) is 38.1 Å². The van der Waals surface area contributed by atoms with Gasteiger partial charge in [-0.3, -0.25) is 4.90 Å². The first-order chi connectivity index (χ1) is 11.3. The van der Waals surface area contributed by atoms with Crippen LogP contribution in [0.15, 0.2) is 24.3 Å². The fourth-order valence-corrected chi connectivity index (χ4v) is 2.21. The number of hydrogen-bond acceptors (Lipinski definition) is 3. The minimum atomic E-state index is -4.56. The van der Waals surface area contributed by atoms with Crippen molar-refractivity contribution in [2.24, 2.45) is 5.73 Å². The van der Waals surface area contributed by atoms with Crippen molar-refractivity contribution in [1.82, 2.24) is 15.5 Å². The number of nitrogens with one attached hydrogen (secondary N) is 2. The van der Waals surface area contributed by atoms with Crippen LogP contribution in [-0.4, -0.2) is 42.8 Å². The summed E-state index contributed by atoms with van der Waals surface area (Å²) in [5.41, 5.74) is 6.96. The van der Waals surface area contributed by atoms with E-state index in [4.69, 9.17) is 5.73 Å². The molecule has 1 atom stereocenters. The highest BCUT2D eigenvalue weighted by Gasteiger charge is 2.39. The van der Waals surface area contributed by atoms with Gasteiger partial charge in [-0.05, 0) is 24.2 Å². The summed E-state index contributed by atoms with van der Waals surface area (Å²) < 4.78 is 37.7. The van der Waals surface area contributed by atoms with Crippen LogP contribution >= 0.6 is 0 Å². The molecule has 0 aliphatic rings. The van der Waals surface area contributed by atoms with Crippen molar-refractivity contribution in [2.75, 3.05) is 19.6 Å². The van der Waals surface area contributed by atoms with Gasteiger partial charge in [0.1, 0.15) is 6.04 Å². The lowest BCUT2D eigenvalue weighted by Gasteiger charge is -2.20. The lowest BCUT2D eigenvalue weighted by atomic mass is 10.1. The zero-order valence-corrected chi connectivity index (χ0v) is 14.0. The molecule has 1 aromatic carbocycles. The summed E-state index contributed by atoms with van der Waals surface area (Å²) in [6, 6.07) is 4.66. The molecule has 5 nitrogen and oxygen atoms in total. The van der Waals surface area contributed by atoms with E-state index in [2.05, 4.69) is 24.1 Å². The standard InChI is InChI=1S/C16H25F3N4O/c1-3-23(4-2)11-13-7-5-6-12(8-13)10-21-15(24)22-14(9-20)16(17,18)19/h5-8,14H,3-4,9-11,20H2,1-2H3,(H2,21,22,24). The van der Waals surface area contributed by atoms with Gasteiger partial charge in [0, 0.05) is 19.6 Å². The van der Waals surface area contributed by atoms with Crippen molar-refractivity contribution >= 4 is 6.03 Å². The Hall–Kier alpha value is -1.80. The van der Waals surface area contributed by atoms with E-state index in [1.807, 2.05) is 29.6 Å². The fourth-order valence-electron chi connectivity index (χ4n) is 2.21. The Kier molecular flexibility index (Phi) is 8.00. The molecule has 1 rings (SSSR count). The monoisotopic (exact) mass is 346 g/mol. The molecule has 0 fully saturated rings. The molecule has 1 aromatic rings. The summed E-state index contributed by atoms with van der Waals surface area (Å²) in [4.78, 5) is 13.8. The third-order valence-electron chi connectivity index (χ3n) is 3.68. The fraction of sp³-hybridized carbons (Fsp3) is 0.562. The van der Waals surface area contributed by atoms with Gasteiger partial charge in [0.2, 0.25) is 0 Å². The first-order valence-corrected chi connectivity index (χ1v) is 7.91. The number of carbonyl (C=O) groups excluding carboxylic acids is 1. The Morgan fingerprint density at radius 3 is 2.42 bits per heavy atom. The molecule has 24 heavy (non-hydrogen) atoms. The summed E-state index contributed by atoms with van der Waals surface area (Å²) in [7, 11) is 0. The summed E-state index contributed by atoms with van der Waals surface area (Å²) in [5.74, 6) is 0. The number of alkyl halides is 3. The normalized spacial score (nSPS) is 13.0. The van der Waals surface area contributed by atoms with Gasteiger partial charge in [-0.25, -0.2) is 4.79 Å². The Bertz CT molecular complexity index is 518. The maximum absolute atomic E-state index is 12.6. The van der Waals surface area contributed by atoms with Crippen LogP contribution in [0.5, 0.6) is 0 Å². The van der Waals surface area contributed by atoms with Crippen molar-refractivity contribution in [3.8, 4) is 0 Å². The van der Waals surface area contributed by atoms with Crippen LogP contribution in [0.2, 0.25) is 0 Å². The summed E-state index contributed by atoms with van der Waals surface area (Å²) in [6.07, 6.45) is -4.56. The Morgan fingerprint density at radius 2 is 1.88 bits per heavy atom. The quantitative estimate of drug-likeness (QED) is 0.676. The highest BCUT2D eigenvalue weighted by atomic mass is 19.4. The highest BCUT2D eigenvalue weighted by molar-refractivity contribution is 5.74. The zero-order chi connectivity index (χ0) is 18.2. The number of rotatable bonds is 8. The van der Waals surface area contributed by atoms with Crippen molar-refractivity contribution in [1.29, 1.82) is 0 Å². The molecule has 2 amide bonds. The minimum absolute atomic E-state index is 0.146. The first kappa shape index (κ1) is 20.2. The molecule has 0 radical (unpaired) electrons. The van der Waals surface area contributed by atoms with E-state index in [1.54, 1.807) is 0 Å². The molecule has 136 valence electrons. The average Bonchev–Trinajstić information content (AvgIpc) is 2.55. The summed E-state index contributed by atoms with van der Waals surface area (Å²) in [5, 5.41) is 4.26. The molecule has 0 aliphatic carbocycles. The van der Waals surface area contributed by atoms with Crippen LogP contribution in [0.4, 0.5) is 18.0 Å². The molecular formula is C16H25F3N4O. The van der Waals surface area contributed by atoms with Gasteiger partial charge >= 0.3 is 12.2 Å². The maximum Gasteiger partial charge on any atom is 0.409 e. The highest BCUT2D eigenvalue weighted by Crippen LogP contribution is 2.19. The largest absolute Gasteiger partial charge is 0.409 e. The number of urea groups is 1. The van der Waals surface area contributed by atoms with Gasteiger partial charge < -0.3 is 16.4 Å².